The van der Waals surface area contributed by atoms with Crippen molar-refractivity contribution in [2.45, 2.75) is 38.0 Å². The summed E-state index contributed by atoms with van der Waals surface area (Å²) in [5.41, 5.74) is 1.88. The Morgan fingerprint density at radius 2 is 1.75 bits per heavy atom. The predicted molar refractivity (Wildman–Crippen MR) is 79.3 cm³/mol. The van der Waals surface area contributed by atoms with Gasteiger partial charge < -0.3 is 0 Å². The predicted octanol–water partition coefficient (Wildman–Crippen LogP) is 2.82. The van der Waals surface area contributed by atoms with Crippen molar-refractivity contribution >= 4 is 15.8 Å². The monoisotopic (exact) mass is 293 g/mol. The molecule has 5 nitrogen and oxygen atoms in total. The fourth-order valence-corrected chi connectivity index (χ4v) is 2.79. The summed E-state index contributed by atoms with van der Waals surface area (Å²) in [4.78, 5) is 0.228. The summed E-state index contributed by atoms with van der Waals surface area (Å²) in [6.45, 7) is 8.06. The third-order valence-corrected chi connectivity index (χ3v) is 4.35. The third-order valence-electron chi connectivity index (χ3n) is 2.98. The van der Waals surface area contributed by atoms with Gasteiger partial charge in [0.1, 0.15) is 0 Å². The van der Waals surface area contributed by atoms with Crippen molar-refractivity contribution in [2.24, 2.45) is 0 Å². The number of aromatic amines is 1. The van der Waals surface area contributed by atoms with Crippen molar-refractivity contribution in [1.82, 2.24) is 10.2 Å². The van der Waals surface area contributed by atoms with E-state index in [1.807, 2.05) is 19.1 Å². The fraction of sp³-hybridized carbons (Fsp3) is 0.357. The van der Waals surface area contributed by atoms with E-state index >= 15 is 0 Å². The molecule has 0 amide bonds. The van der Waals surface area contributed by atoms with Crippen LogP contribution in [0.4, 0.5) is 5.82 Å². The summed E-state index contributed by atoms with van der Waals surface area (Å²) in [6, 6.07) is 8.54. The molecule has 0 bridgehead atoms. The van der Waals surface area contributed by atoms with Crippen LogP contribution in [0.25, 0.3) is 0 Å². The number of nitrogens with one attached hydrogen (secondary N) is 2. The fourth-order valence-electron chi connectivity index (χ4n) is 1.80. The Hall–Kier alpha value is -1.82. The number of rotatable bonds is 3. The second-order valence-corrected chi connectivity index (χ2v) is 7.50. The van der Waals surface area contributed by atoms with Gasteiger partial charge in [-0.3, -0.25) is 9.82 Å². The van der Waals surface area contributed by atoms with Crippen molar-refractivity contribution in [2.75, 3.05) is 4.72 Å². The first-order valence-electron chi connectivity index (χ1n) is 6.34. The zero-order valence-electron chi connectivity index (χ0n) is 12.1. The van der Waals surface area contributed by atoms with Crippen LogP contribution in [0.1, 0.15) is 32.0 Å². The van der Waals surface area contributed by atoms with Crippen molar-refractivity contribution in [3.63, 3.8) is 0 Å². The van der Waals surface area contributed by atoms with Gasteiger partial charge in [-0.05, 0) is 30.0 Å². The summed E-state index contributed by atoms with van der Waals surface area (Å²) in [5.74, 6) is 0.294. The number of benzene rings is 1. The number of hydrogen-bond donors (Lipinski definition) is 2. The van der Waals surface area contributed by atoms with Crippen LogP contribution in [0, 0.1) is 6.92 Å². The molecule has 108 valence electrons. The molecule has 0 aliphatic heterocycles. The molecule has 0 aliphatic carbocycles. The van der Waals surface area contributed by atoms with E-state index in [1.165, 1.54) is 0 Å². The van der Waals surface area contributed by atoms with Crippen LogP contribution in [0.3, 0.4) is 0 Å². The smallest absolute Gasteiger partial charge is 0.263 e. The van der Waals surface area contributed by atoms with Gasteiger partial charge in [0, 0.05) is 11.8 Å². The SMILES string of the molecule is Cc1cc(NS(=O)(=O)c2ccc(C(C)(C)C)cc2)n[nH]1. The number of nitrogens with zero attached hydrogens (tertiary/aromatic N) is 1. The largest absolute Gasteiger partial charge is 0.281 e. The highest BCUT2D eigenvalue weighted by molar-refractivity contribution is 7.92. The molecule has 1 heterocycles. The Morgan fingerprint density at radius 1 is 1.15 bits per heavy atom. The lowest BCUT2D eigenvalue weighted by atomic mass is 9.87. The van der Waals surface area contributed by atoms with E-state index < -0.39 is 10.0 Å². The minimum atomic E-state index is -3.59. The molecule has 20 heavy (non-hydrogen) atoms. The van der Waals surface area contributed by atoms with Gasteiger partial charge in [0.25, 0.3) is 10.0 Å². The minimum Gasteiger partial charge on any atom is -0.281 e. The van der Waals surface area contributed by atoms with Crippen LogP contribution < -0.4 is 4.72 Å². The van der Waals surface area contributed by atoms with Crippen LogP contribution >= 0.6 is 0 Å². The minimum absolute atomic E-state index is 0.00493. The molecule has 2 rings (SSSR count). The molecule has 1 aromatic heterocycles. The molecule has 0 radical (unpaired) electrons. The first-order chi connectivity index (χ1) is 9.18. The average molecular weight is 293 g/mol. The molecular formula is C14H19N3O2S. The third kappa shape index (κ3) is 3.19. The lowest BCUT2D eigenvalue weighted by Crippen LogP contribution is -2.15. The van der Waals surface area contributed by atoms with E-state index in [0.29, 0.717) is 5.82 Å². The van der Waals surface area contributed by atoms with Gasteiger partial charge in [-0.15, -0.1) is 0 Å². The molecule has 2 aromatic rings. The van der Waals surface area contributed by atoms with E-state index in [4.69, 9.17) is 0 Å². The van der Waals surface area contributed by atoms with Gasteiger partial charge in [0.2, 0.25) is 0 Å². The molecule has 0 aliphatic rings. The second kappa shape index (κ2) is 4.94. The Balaban J connectivity index is 2.26. The lowest BCUT2D eigenvalue weighted by molar-refractivity contribution is 0.587. The maximum atomic E-state index is 12.2. The maximum Gasteiger partial charge on any atom is 0.263 e. The summed E-state index contributed by atoms with van der Waals surface area (Å²) in [5, 5.41) is 6.56. The molecule has 0 fully saturated rings. The van der Waals surface area contributed by atoms with Crippen molar-refractivity contribution in [1.29, 1.82) is 0 Å². The Kier molecular flexibility index (Phi) is 3.60. The van der Waals surface area contributed by atoms with E-state index in [0.717, 1.165) is 11.3 Å². The van der Waals surface area contributed by atoms with Crippen LogP contribution in [-0.4, -0.2) is 18.6 Å². The van der Waals surface area contributed by atoms with Crippen LogP contribution in [0.5, 0.6) is 0 Å². The van der Waals surface area contributed by atoms with Crippen molar-refractivity contribution in [3.8, 4) is 0 Å². The molecular weight excluding hydrogens is 274 g/mol. The number of hydrogen-bond acceptors (Lipinski definition) is 3. The topological polar surface area (TPSA) is 74.8 Å². The molecule has 2 N–H and O–H groups in total. The van der Waals surface area contributed by atoms with Crippen molar-refractivity contribution in [3.05, 3.63) is 41.6 Å². The average Bonchev–Trinajstić information content (AvgIpc) is 2.73. The molecule has 0 saturated heterocycles. The number of H-pyrrole nitrogens is 1. The lowest BCUT2D eigenvalue weighted by Gasteiger charge is -2.19. The first-order valence-corrected chi connectivity index (χ1v) is 7.82. The number of anilines is 1. The van der Waals surface area contributed by atoms with Crippen LogP contribution in [-0.2, 0) is 15.4 Å². The molecule has 1 aromatic carbocycles. The Morgan fingerprint density at radius 3 is 2.20 bits per heavy atom. The highest BCUT2D eigenvalue weighted by Gasteiger charge is 2.18. The summed E-state index contributed by atoms with van der Waals surface area (Å²) < 4.78 is 26.9. The Bertz CT molecular complexity index is 695. The highest BCUT2D eigenvalue weighted by atomic mass is 32.2. The Labute approximate surface area is 119 Å². The molecule has 6 heteroatoms. The number of aryl methyl sites for hydroxylation is 1. The van der Waals surface area contributed by atoms with E-state index in [-0.39, 0.29) is 10.3 Å². The second-order valence-electron chi connectivity index (χ2n) is 5.82. The standard InChI is InChI=1S/C14H19N3O2S/c1-10-9-13(16-15-10)17-20(18,19)12-7-5-11(6-8-12)14(2,3)4/h5-9H,1-4H3,(H2,15,16,17). The molecule has 0 spiro atoms. The summed E-state index contributed by atoms with van der Waals surface area (Å²) >= 11 is 0. The molecule has 0 atom stereocenters. The van der Waals surface area contributed by atoms with E-state index in [9.17, 15) is 8.42 Å². The van der Waals surface area contributed by atoms with Gasteiger partial charge in [-0.1, -0.05) is 32.9 Å². The quantitative estimate of drug-likeness (QED) is 0.913. The molecule has 0 saturated carbocycles. The van der Waals surface area contributed by atoms with Gasteiger partial charge in [0.05, 0.1) is 4.90 Å². The zero-order valence-corrected chi connectivity index (χ0v) is 12.9. The first kappa shape index (κ1) is 14.6. The van der Waals surface area contributed by atoms with Crippen LogP contribution in [0.15, 0.2) is 35.2 Å². The number of sulfonamides is 1. The van der Waals surface area contributed by atoms with Gasteiger partial charge in [-0.2, -0.15) is 5.10 Å². The number of aromatic nitrogens is 2. The van der Waals surface area contributed by atoms with Crippen LogP contribution in [0.2, 0.25) is 0 Å². The normalized spacial score (nSPS) is 12.4. The van der Waals surface area contributed by atoms with Gasteiger partial charge in [0.15, 0.2) is 5.82 Å². The van der Waals surface area contributed by atoms with E-state index in [1.54, 1.807) is 18.2 Å². The zero-order chi connectivity index (χ0) is 15.0. The molecule has 0 unspecified atom stereocenters. The van der Waals surface area contributed by atoms with Crippen molar-refractivity contribution < 1.29 is 8.42 Å². The van der Waals surface area contributed by atoms with E-state index in [2.05, 4.69) is 35.7 Å². The maximum absolute atomic E-state index is 12.2. The summed E-state index contributed by atoms with van der Waals surface area (Å²) in [6.07, 6.45) is 0. The van der Waals surface area contributed by atoms with Gasteiger partial charge >= 0.3 is 0 Å². The highest BCUT2D eigenvalue weighted by Crippen LogP contribution is 2.24. The van der Waals surface area contributed by atoms with Gasteiger partial charge in [-0.25, -0.2) is 8.42 Å². The summed E-state index contributed by atoms with van der Waals surface area (Å²) in [7, 11) is -3.59.